The van der Waals surface area contributed by atoms with Crippen LogP contribution in [-0.2, 0) is 14.3 Å². The van der Waals surface area contributed by atoms with Crippen molar-refractivity contribution in [2.75, 3.05) is 39.2 Å². The molecule has 3 rings (SSSR count). The highest BCUT2D eigenvalue weighted by Gasteiger charge is 2.41. The summed E-state index contributed by atoms with van der Waals surface area (Å²) in [6, 6.07) is 11.8. The number of thioether (sulfide) groups is 1. The fraction of sp³-hybridized carbons (Fsp3) is 0.417. The zero-order valence-electron chi connectivity index (χ0n) is 19.4. The number of ether oxygens (including phenoxy) is 2. The van der Waals surface area contributed by atoms with Gasteiger partial charge in [0.05, 0.1) is 18.0 Å². The van der Waals surface area contributed by atoms with Crippen molar-refractivity contribution in [3.8, 4) is 5.75 Å². The Labute approximate surface area is 200 Å². The highest BCUT2D eigenvalue weighted by Crippen LogP contribution is 2.47. The van der Waals surface area contributed by atoms with Gasteiger partial charge < -0.3 is 19.3 Å². The number of aryl methyl sites for hydroxylation is 2. The summed E-state index contributed by atoms with van der Waals surface area (Å²) in [5, 5.41) is -0.368. The molecule has 2 atom stereocenters. The van der Waals surface area contributed by atoms with Crippen molar-refractivity contribution in [1.29, 1.82) is 0 Å². The maximum Gasteiger partial charge on any atom is 0.303 e. The van der Waals surface area contributed by atoms with Gasteiger partial charge in [-0.15, -0.1) is 24.2 Å². The zero-order valence-corrected chi connectivity index (χ0v) is 21.0. The molecule has 32 heavy (non-hydrogen) atoms. The molecule has 6 nitrogen and oxygen atoms in total. The quantitative estimate of drug-likeness (QED) is 0.573. The summed E-state index contributed by atoms with van der Waals surface area (Å²) in [5.74, 6) is 0.0629. The van der Waals surface area contributed by atoms with Gasteiger partial charge in [-0.05, 0) is 68.9 Å². The molecule has 0 N–H and O–H groups in total. The Morgan fingerprint density at radius 2 is 1.75 bits per heavy atom. The van der Waals surface area contributed by atoms with E-state index in [0.29, 0.717) is 13.1 Å². The van der Waals surface area contributed by atoms with Crippen LogP contribution < -0.4 is 9.64 Å². The van der Waals surface area contributed by atoms with Crippen LogP contribution in [0, 0.1) is 13.8 Å². The molecule has 2 aromatic carbocycles. The molecule has 0 spiro atoms. The number of likely N-dealkylation sites (N-methyl/N-ethyl adjacent to an activating group) is 1. The number of hydrogen-bond donors (Lipinski definition) is 0. The van der Waals surface area contributed by atoms with Gasteiger partial charge in [0.25, 0.3) is 5.91 Å². The van der Waals surface area contributed by atoms with E-state index >= 15 is 0 Å². The van der Waals surface area contributed by atoms with E-state index in [9.17, 15) is 9.59 Å². The molecule has 2 aromatic rings. The summed E-state index contributed by atoms with van der Waals surface area (Å²) in [6.45, 7) is 6.67. The Morgan fingerprint density at radius 1 is 1.12 bits per heavy atom. The second kappa shape index (κ2) is 11.1. The normalized spacial score (nSPS) is 18.0. The molecular formula is C24H31ClN2O4S. The van der Waals surface area contributed by atoms with E-state index in [1.165, 1.54) is 6.92 Å². The fourth-order valence-electron chi connectivity index (χ4n) is 3.54. The maximum atomic E-state index is 13.8. The lowest BCUT2D eigenvalue weighted by molar-refractivity contribution is -0.152. The molecule has 0 saturated heterocycles. The van der Waals surface area contributed by atoms with E-state index in [4.69, 9.17) is 9.47 Å². The molecule has 1 amide bonds. The lowest BCUT2D eigenvalue weighted by Gasteiger charge is -2.28. The van der Waals surface area contributed by atoms with Crippen molar-refractivity contribution in [2.24, 2.45) is 0 Å². The Bertz CT molecular complexity index is 965. The van der Waals surface area contributed by atoms with Crippen molar-refractivity contribution in [3.63, 3.8) is 0 Å². The molecule has 1 aliphatic heterocycles. The summed E-state index contributed by atoms with van der Waals surface area (Å²) in [4.78, 5) is 30.5. The number of hydrogen-bond acceptors (Lipinski definition) is 6. The van der Waals surface area contributed by atoms with Crippen LogP contribution in [0.4, 0.5) is 5.69 Å². The summed E-state index contributed by atoms with van der Waals surface area (Å²) in [6.07, 6.45) is -0.925. The van der Waals surface area contributed by atoms with Gasteiger partial charge >= 0.3 is 5.97 Å². The van der Waals surface area contributed by atoms with Gasteiger partial charge in [0.1, 0.15) is 5.75 Å². The molecule has 2 unspecified atom stereocenters. The van der Waals surface area contributed by atoms with Crippen LogP contribution in [0.25, 0.3) is 0 Å². The van der Waals surface area contributed by atoms with Gasteiger partial charge in [0, 0.05) is 24.9 Å². The second-order valence-corrected chi connectivity index (χ2v) is 9.22. The number of rotatable bonds is 6. The van der Waals surface area contributed by atoms with Gasteiger partial charge in [-0.1, -0.05) is 12.1 Å². The smallest absolute Gasteiger partial charge is 0.303 e. The number of anilines is 1. The molecule has 0 saturated carbocycles. The minimum atomic E-state index is -0.925. The summed E-state index contributed by atoms with van der Waals surface area (Å²) >= 11 is 1.56. The first-order valence-electron chi connectivity index (χ1n) is 10.3. The van der Waals surface area contributed by atoms with Crippen molar-refractivity contribution in [2.45, 2.75) is 37.0 Å². The Morgan fingerprint density at radius 3 is 2.31 bits per heavy atom. The third-order valence-electron chi connectivity index (χ3n) is 5.41. The molecule has 0 aromatic heterocycles. The van der Waals surface area contributed by atoms with E-state index in [2.05, 4.69) is 19.1 Å². The second-order valence-electron chi connectivity index (χ2n) is 8.04. The third kappa shape index (κ3) is 5.77. The first kappa shape index (κ1) is 26.0. The van der Waals surface area contributed by atoms with Crippen molar-refractivity contribution in [3.05, 3.63) is 53.1 Å². The first-order valence-corrected chi connectivity index (χ1v) is 11.1. The summed E-state index contributed by atoms with van der Waals surface area (Å²) in [7, 11) is 5.56. The zero-order chi connectivity index (χ0) is 22.7. The maximum absolute atomic E-state index is 13.8. The number of benzene rings is 2. The highest BCUT2D eigenvalue weighted by atomic mass is 35.5. The average molecular weight is 479 g/mol. The van der Waals surface area contributed by atoms with E-state index in [-0.39, 0.29) is 23.6 Å². The number of nitrogens with zero attached hydrogens (tertiary/aromatic N) is 2. The predicted molar refractivity (Wildman–Crippen MR) is 131 cm³/mol. The number of amides is 1. The van der Waals surface area contributed by atoms with Gasteiger partial charge in [-0.25, -0.2) is 0 Å². The average Bonchev–Trinajstić information content (AvgIpc) is 2.82. The number of esters is 1. The minimum absolute atomic E-state index is 0. The molecule has 0 radical (unpaired) electrons. The van der Waals surface area contributed by atoms with Gasteiger partial charge in [0.15, 0.2) is 6.10 Å². The van der Waals surface area contributed by atoms with E-state index in [1.807, 2.05) is 50.2 Å². The number of halogens is 1. The number of fused-ring (bicyclic) bond motifs is 1. The first-order chi connectivity index (χ1) is 14.7. The molecule has 174 valence electrons. The van der Waals surface area contributed by atoms with Crippen LogP contribution in [0.3, 0.4) is 0 Å². The molecule has 1 heterocycles. The molecule has 0 bridgehead atoms. The van der Waals surface area contributed by atoms with Crippen LogP contribution in [-0.4, -0.2) is 57.2 Å². The Hall–Kier alpha value is -2.22. The van der Waals surface area contributed by atoms with E-state index < -0.39 is 12.1 Å². The van der Waals surface area contributed by atoms with Crippen LogP contribution in [0.5, 0.6) is 5.75 Å². The molecule has 8 heteroatoms. The monoisotopic (exact) mass is 478 g/mol. The Balaban J connectivity index is 0.00000363. The van der Waals surface area contributed by atoms with E-state index in [0.717, 1.165) is 33.0 Å². The number of carbonyl (C=O) groups is 2. The lowest BCUT2D eigenvalue weighted by atomic mass is 10.0. The molecule has 1 aliphatic rings. The molecule has 0 aliphatic carbocycles. The topological polar surface area (TPSA) is 59.1 Å². The lowest BCUT2D eigenvalue weighted by Crippen LogP contribution is -2.45. The SMILES string of the molecule is COc1ccc(C2Sc3cc(C)c(C)cc3N(CCN(C)C)C(=O)C2OC(C)=O)cc1.Cl. The fourth-order valence-corrected chi connectivity index (χ4v) is 4.94. The van der Waals surface area contributed by atoms with Crippen molar-refractivity contribution in [1.82, 2.24) is 4.90 Å². The van der Waals surface area contributed by atoms with Gasteiger partial charge in [-0.2, -0.15) is 0 Å². The number of methoxy groups -OCH3 is 1. The van der Waals surface area contributed by atoms with Gasteiger partial charge in [0.2, 0.25) is 0 Å². The highest BCUT2D eigenvalue weighted by molar-refractivity contribution is 7.99. The van der Waals surface area contributed by atoms with Crippen LogP contribution >= 0.6 is 24.2 Å². The number of carbonyl (C=O) groups excluding carboxylic acids is 2. The summed E-state index contributed by atoms with van der Waals surface area (Å²) in [5.41, 5.74) is 4.05. The summed E-state index contributed by atoms with van der Waals surface area (Å²) < 4.78 is 10.9. The van der Waals surface area contributed by atoms with Crippen LogP contribution in [0.2, 0.25) is 0 Å². The third-order valence-corrected chi connectivity index (χ3v) is 6.77. The minimum Gasteiger partial charge on any atom is -0.497 e. The van der Waals surface area contributed by atoms with Crippen molar-refractivity contribution >= 4 is 41.7 Å². The predicted octanol–water partition coefficient (Wildman–Crippen LogP) is 4.41. The van der Waals surface area contributed by atoms with Crippen molar-refractivity contribution < 1.29 is 19.1 Å². The van der Waals surface area contributed by atoms with Gasteiger partial charge in [-0.3, -0.25) is 9.59 Å². The molecular weight excluding hydrogens is 448 g/mol. The van der Waals surface area contributed by atoms with E-state index in [1.54, 1.807) is 23.8 Å². The molecule has 0 fully saturated rings. The Kier molecular flexibility index (Phi) is 9.01. The largest absolute Gasteiger partial charge is 0.497 e. The van der Waals surface area contributed by atoms with Crippen LogP contribution in [0.15, 0.2) is 41.3 Å². The standard InChI is InChI=1S/C24H30N2O4S.ClH/c1-15-13-20-21(14-16(15)2)31-23(18-7-9-19(29-6)10-8-18)22(30-17(3)27)24(28)26(20)12-11-25(4)5;/h7-10,13-14,22-23H,11-12H2,1-6H3;1H. The van der Waals surface area contributed by atoms with Crippen LogP contribution in [0.1, 0.15) is 28.9 Å².